The summed E-state index contributed by atoms with van der Waals surface area (Å²) in [7, 11) is -2.82. The van der Waals surface area contributed by atoms with E-state index in [0.717, 1.165) is 21.9 Å². The van der Waals surface area contributed by atoms with E-state index in [4.69, 9.17) is 19.7 Å². The number of phenolic OH excluding ortho intramolecular Hbond substituents is 1. The topological polar surface area (TPSA) is 211 Å². The molecule has 0 saturated heterocycles. The van der Waals surface area contributed by atoms with E-state index in [2.05, 4.69) is 0 Å². The summed E-state index contributed by atoms with van der Waals surface area (Å²) in [6, 6.07) is 6.72. The summed E-state index contributed by atoms with van der Waals surface area (Å²) in [5, 5.41) is 48.4. The summed E-state index contributed by atoms with van der Waals surface area (Å²) >= 11 is 0. The van der Waals surface area contributed by atoms with Crippen molar-refractivity contribution in [2.45, 2.75) is 13.1 Å². The summed E-state index contributed by atoms with van der Waals surface area (Å²) in [5.74, 6) is -8.59. The van der Waals surface area contributed by atoms with E-state index in [0.29, 0.717) is 27.1 Å². The number of carboxylic acids is 4. The number of fused-ring (bicyclic) bond motifs is 2. The molecule has 0 unspecified atom stereocenters. The summed E-state index contributed by atoms with van der Waals surface area (Å²) in [4.78, 5) is 60.1. The fourth-order valence-corrected chi connectivity index (χ4v) is 8.89. The number of aliphatic carboxylic acids is 4. The second-order valence-corrected chi connectivity index (χ2v) is 16.3. The number of hydrogen-bond donors (Lipinski definition) is 5. The Morgan fingerprint density at radius 1 is 0.820 bits per heavy atom. The molecule has 0 bridgehead atoms. The maximum absolute atomic E-state index is 14.9. The van der Waals surface area contributed by atoms with Crippen molar-refractivity contribution in [3.8, 4) is 11.5 Å². The number of ketones is 1. The van der Waals surface area contributed by atoms with Crippen molar-refractivity contribution in [3.05, 3.63) is 76.0 Å². The number of rotatable bonds is 17. The largest absolute Gasteiger partial charge is 0.505 e. The van der Waals surface area contributed by atoms with Crippen molar-refractivity contribution in [2.75, 3.05) is 57.4 Å². The number of halogens is 2. The molecule has 50 heavy (non-hydrogen) atoms. The fourth-order valence-electron chi connectivity index (χ4n) is 5.87. The van der Waals surface area contributed by atoms with E-state index in [1.54, 1.807) is 0 Å². The Balaban J connectivity index is 1.75. The third-order valence-corrected chi connectivity index (χ3v) is 11.6. The smallest absolute Gasteiger partial charge is 0.323 e. The lowest BCUT2D eigenvalue weighted by molar-refractivity contribution is -0.142. The van der Waals surface area contributed by atoms with Crippen molar-refractivity contribution in [2.24, 2.45) is 0 Å². The van der Waals surface area contributed by atoms with Crippen molar-refractivity contribution >= 4 is 54.2 Å². The molecule has 17 heteroatoms. The lowest BCUT2D eigenvalue weighted by Gasteiger charge is -2.37. The number of ether oxygens (including phenoxy) is 2. The zero-order valence-corrected chi connectivity index (χ0v) is 27.9. The van der Waals surface area contributed by atoms with Crippen LogP contribution in [0.4, 0.5) is 14.5 Å². The Hall–Kier alpha value is -5.39. The molecule has 1 aliphatic heterocycles. The highest BCUT2D eigenvalue weighted by molar-refractivity contribution is 6.98. The van der Waals surface area contributed by atoms with Crippen molar-refractivity contribution in [1.29, 1.82) is 0 Å². The number of nitrogens with zero attached hydrogens (tertiary/aromatic N) is 2. The van der Waals surface area contributed by atoms with Crippen LogP contribution >= 0.6 is 0 Å². The van der Waals surface area contributed by atoms with Crippen molar-refractivity contribution < 1.29 is 67.8 Å². The number of carbonyl (C=O) groups is 5. The summed E-state index contributed by atoms with van der Waals surface area (Å²) in [6.45, 7) is 0.807. The van der Waals surface area contributed by atoms with E-state index >= 15 is 0 Å². The predicted octanol–water partition coefficient (Wildman–Crippen LogP) is 2.01. The van der Waals surface area contributed by atoms with Crippen LogP contribution in [0.1, 0.15) is 11.1 Å². The predicted molar refractivity (Wildman–Crippen MR) is 175 cm³/mol. The molecule has 0 amide bonds. The minimum Gasteiger partial charge on any atom is -0.505 e. The maximum atomic E-state index is 14.9. The van der Waals surface area contributed by atoms with Gasteiger partial charge >= 0.3 is 23.9 Å². The molecule has 1 heterocycles. The minimum absolute atomic E-state index is 0.0233. The first-order valence-electron chi connectivity index (χ1n) is 15.1. The van der Waals surface area contributed by atoms with E-state index in [-0.39, 0.29) is 43.4 Å². The molecule has 1 aliphatic carbocycles. The van der Waals surface area contributed by atoms with Crippen LogP contribution in [0.15, 0.2) is 59.1 Å². The lowest BCUT2D eigenvalue weighted by Crippen LogP contribution is -2.49. The second kappa shape index (κ2) is 15.4. The molecular weight excluding hydrogens is 682 g/mol. The van der Waals surface area contributed by atoms with Gasteiger partial charge in [-0.05, 0) is 69.1 Å². The fraction of sp³-hybridized carbons (Fsp3) is 0.303. The molecule has 266 valence electrons. The first kappa shape index (κ1) is 37.4. The molecule has 0 aromatic heterocycles. The number of phenols is 1. The summed E-state index contributed by atoms with van der Waals surface area (Å²) in [5.41, 5.74) is 1.27. The van der Waals surface area contributed by atoms with Gasteiger partial charge in [-0.25, -0.2) is 8.78 Å². The van der Waals surface area contributed by atoms with Crippen LogP contribution in [0.3, 0.4) is 0 Å². The molecule has 4 rings (SSSR count). The molecule has 2 aromatic carbocycles. The van der Waals surface area contributed by atoms with Gasteiger partial charge in [-0.1, -0.05) is 19.2 Å². The SMILES string of the molecule is C[Si]1(C)C2=CC(=O)C(F)=CC2=C(c2ccc(N(CC(=O)O)CC(=O)O)c(OCCOCCN(CC(=O)O)CC(=O)O)c2)c2cc(F)c(O)cc21. The second-order valence-electron chi connectivity index (χ2n) is 12.0. The van der Waals surface area contributed by atoms with Gasteiger partial charge in [0.2, 0.25) is 5.78 Å². The van der Waals surface area contributed by atoms with Gasteiger partial charge in [-0.15, -0.1) is 0 Å². The van der Waals surface area contributed by atoms with Crippen LogP contribution in [0, 0.1) is 5.82 Å². The third-order valence-electron chi connectivity index (χ3n) is 8.04. The van der Waals surface area contributed by atoms with Gasteiger partial charge in [0.25, 0.3) is 0 Å². The zero-order valence-electron chi connectivity index (χ0n) is 26.9. The van der Waals surface area contributed by atoms with Crippen LogP contribution in [0.2, 0.25) is 13.1 Å². The highest BCUT2D eigenvalue weighted by Crippen LogP contribution is 2.44. The first-order chi connectivity index (χ1) is 23.5. The number of benzene rings is 2. The Morgan fingerprint density at radius 3 is 2.04 bits per heavy atom. The average Bonchev–Trinajstić information content (AvgIpc) is 3.00. The molecule has 2 aromatic rings. The van der Waals surface area contributed by atoms with Crippen LogP contribution in [-0.4, -0.2) is 121 Å². The van der Waals surface area contributed by atoms with E-state index in [1.807, 2.05) is 13.1 Å². The summed E-state index contributed by atoms with van der Waals surface area (Å²) in [6.07, 6.45) is 2.26. The Bertz CT molecular complexity index is 1810. The third kappa shape index (κ3) is 8.60. The normalized spacial score (nSPS) is 14.8. The first-order valence-corrected chi connectivity index (χ1v) is 18.1. The molecule has 2 aliphatic rings. The number of hydrogen-bond acceptors (Lipinski definition) is 10. The van der Waals surface area contributed by atoms with Crippen LogP contribution in [-0.2, 0) is 28.7 Å². The van der Waals surface area contributed by atoms with Gasteiger partial charge in [-0.2, -0.15) is 0 Å². The lowest BCUT2D eigenvalue weighted by atomic mass is 9.89. The minimum atomic E-state index is -2.82. The molecule has 14 nitrogen and oxygen atoms in total. The number of carbonyl (C=O) groups excluding carboxylic acids is 1. The van der Waals surface area contributed by atoms with E-state index in [1.165, 1.54) is 30.3 Å². The molecular formula is C33H34F2N2O12Si. The van der Waals surface area contributed by atoms with Gasteiger partial charge in [0.15, 0.2) is 17.4 Å². The standard InChI is InChI=1S/C33H34F2N2O12Si/c1-50(2)27-12-24(38)21(34)10-19(27)33(20-11-22(35)25(39)13-28(20)50)18-3-4-23(37(16-31(44)45)17-32(46)47)26(9-18)49-8-7-48-6-5-36(14-29(40)41)15-30(42)43/h3-4,9-13,38H,5-8,14-17H2,1-2H3,(H,40,41)(H,42,43)(H,44,45)(H,46,47). The summed E-state index contributed by atoms with van der Waals surface area (Å²) < 4.78 is 41.2. The highest BCUT2D eigenvalue weighted by atomic mass is 28.3. The number of carboxylic acid groups (broad SMARTS) is 4. The molecule has 0 radical (unpaired) electrons. The Kier molecular flexibility index (Phi) is 11.6. The molecule has 0 saturated carbocycles. The zero-order chi connectivity index (χ0) is 36.9. The van der Waals surface area contributed by atoms with Gasteiger partial charge < -0.3 is 39.9 Å². The molecule has 0 fully saturated rings. The van der Waals surface area contributed by atoms with Crippen molar-refractivity contribution in [1.82, 2.24) is 4.90 Å². The highest BCUT2D eigenvalue weighted by Gasteiger charge is 2.42. The quantitative estimate of drug-likeness (QED) is 0.117. The number of allylic oxidation sites excluding steroid dienone is 5. The number of aromatic hydroxyl groups is 1. The van der Waals surface area contributed by atoms with E-state index in [9.17, 15) is 48.1 Å². The van der Waals surface area contributed by atoms with Crippen LogP contribution < -0.4 is 14.8 Å². The van der Waals surface area contributed by atoms with Gasteiger partial charge in [0.1, 0.15) is 33.5 Å². The Labute approximate surface area is 284 Å². The Morgan fingerprint density at radius 2 is 1.44 bits per heavy atom. The van der Waals surface area contributed by atoms with Crippen LogP contribution in [0.5, 0.6) is 11.5 Å². The van der Waals surface area contributed by atoms with Gasteiger partial charge in [0, 0.05) is 6.54 Å². The average molecular weight is 717 g/mol. The molecule has 5 N–H and O–H groups in total. The van der Waals surface area contributed by atoms with Gasteiger partial charge in [-0.3, -0.25) is 28.9 Å². The van der Waals surface area contributed by atoms with E-state index < -0.39 is 81.3 Å². The monoisotopic (exact) mass is 716 g/mol. The molecule has 0 atom stereocenters. The maximum Gasteiger partial charge on any atom is 0.323 e. The molecule has 0 spiro atoms. The van der Waals surface area contributed by atoms with Crippen molar-refractivity contribution in [3.63, 3.8) is 0 Å². The van der Waals surface area contributed by atoms with Crippen LogP contribution in [0.25, 0.3) is 5.57 Å². The van der Waals surface area contributed by atoms with Gasteiger partial charge in [0.05, 0.1) is 32.0 Å². The number of anilines is 1.